The lowest BCUT2D eigenvalue weighted by Gasteiger charge is -2.36. The molecular weight excluding hydrogens is 304 g/mol. The zero-order valence-corrected chi connectivity index (χ0v) is 14.2. The summed E-state index contributed by atoms with van der Waals surface area (Å²) in [6.45, 7) is 5.65. The van der Waals surface area contributed by atoms with Crippen molar-refractivity contribution in [2.75, 3.05) is 31.1 Å². The van der Waals surface area contributed by atoms with Crippen molar-refractivity contribution in [2.24, 2.45) is 5.92 Å². The van der Waals surface area contributed by atoms with Crippen molar-refractivity contribution < 1.29 is 4.79 Å². The van der Waals surface area contributed by atoms with Crippen molar-refractivity contribution in [3.63, 3.8) is 0 Å². The number of piperidine rings is 2. The number of rotatable bonds is 2. The largest absolute Gasteiger partial charge is 0.368 e. The van der Waals surface area contributed by atoms with Gasteiger partial charge in [0.15, 0.2) is 0 Å². The Bertz CT molecular complexity index is 728. The van der Waals surface area contributed by atoms with Gasteiger partial charge in [-0.2, -0.15) is 9.61 Å². The number of nitrogens with zero attached hydrogens (tertiary/aromatic N) is 6. The Morgan fingerprint density at radius 2 is 1.88 bits per heavy atom. The minimum Gasteiger partial charge on any atom is -0.368 e. The summed E-state index contributed by atoms with van der Waals surface area (Å²) in [6, 6.07) is 2.07. The van der Waals surface area contributed by atoms with Gasteiger partial charge < -0.3 is 9.80 Å². The van der Waals surface area contributed by atoms with Crippen LogP contribution in [0.25, 0.3) is 5.65 Å². The molecule has 0 N–H and O–H groups in total. The Balaban J connectivity index is 1.45. The average molecular weight is 328 g/mol. The van der Waals surface area contributed by atoms with E-state index in [0.29, 0.717) is 5.91 Å². The van der Waals surface area contributed by atoms with E-state index in [1.807, 2.05) is 6.92 Å². The number of aryl methyl sites for hydroxylation is 1. The van der Waals surface area contributed by atoms with Gasteiger partial charge in [-0.25, -0.2) is 0 Å². The second kappa shape index (κ2) is 6.37. The fourth-order valence-electron chi connectivity index (χ4n) is 3.91. The minimum absolute atomic E-state index is 0.177. The number of likely N-dealkylation sites (tertiary alicyclic amines) is 1. The summed E-state index contributed by atoms with van der Waals surface area (Å²) in [4.78, 5) is 17.1. The number of hydrogen-bond donors (Lipinski definition) is 0. The van der Waals surface area contributed by atoms with Gasteiger partial charge in [0.2, 0.25) is 11.6 Å². The molecule has 0 aromatic carbocycles. The molecule has 1 amide bonds. The molecule has 2 fully saturated rings. The molecule has 7 heteroatoms. The standard InChI is InChI=1S/C17H24N6O/c1-13-11-15(16-19-18-12-23(16)20-13)21-9-5-14(6-10-21)17(24)22-7-3-2-4-8-22/h11-12,14H,2-10H2,1H3. The maximum absolute atomic E-state index is 12.7. The van der Waals surface area contributed by atoms with E-state index in [1.54, 1.807) is 10.8 Å². The van der Waals surface area contributed by atoms with Crippen molar-refractivity contribution >= 4 is 17.2 Å². The molecule has 2 aromatic heterocycles. The van der Waals surface area contributed by atoms with Crippen LogP contribution in [-0.4, -0.2) is 56.8 Å². The summed E-state index contributed by atoms with van der Waals surface area (Å²) in [5.74, 6) is 0.545. The quantitative estimate of drug-likeness (QED) is 0.839. The molecule has 4 rings (SSSR count). The van der Waals surface area contributed by atoms with Crippen LogP contribution in [0.2, 0.25) is 0 Å². The molecule has 0 bridgehead atoms. The van der Waals surface area contributed by atoms with Gasteiger partial charge in [-0.3, -0.25) is 4.79 Å². The summed E-state index contributed by atoms with van der Waals surface area (Å²) in [7, 11) is 0. The molecule has 4 heterocycles. The van der Waals surface area contributed by atoms with Gasteiger partial charge >= 0.3 is 0 Å². The van der Waals surface area contributed by atoms with Gasteiger partial charge in [0.25, 0.3) is 0 Å². The number of carbonyl (C=O) groups excluding carboxylic acids is 1. The summed E-state index contributed by atoms with van der Waals surface area (Å²) in [5, 5.41) is 12.6. The van der Waals surface area contributed by atoms with Crippen LogP contribution in [0.15, 0.2) is 12.4 Å². The van der Waals surface area contributed by atoms with E-state index in [0.717, 1.165) is 68.9 Å². The summed E-state index contributed by atoms with van der Waals surface area (Å²) >= 11 is 0. The first-order valence-corrected chi connectivity index (χ1v) is 8.94. The lowest BCUT2D eigenvalue weighted by Crippen LogP contribution is -2.44. The van der Waals surface area contributed by atoms with Gasteiger partial charge in [0.05, 0.1) is 11.4 Å². The van der Waals surface area contributed by atoms with Crippen molar-refractivity contribution in [3.05, 3.63) is 18.1 Å². The minimum atomic E-state index is 0.177. The molecule has 0 aliphatic carbocycles. The first-order chi connectivity index (χ1) is 11.7. The Kier molecular flexibility index (Phi) is 4.08. The third-order valence-electron chi connectivity index (χ3n) is 5.22. The van der Waals surface area contributed by atoms with Crippen LogP contribution >= 0.6 is 0 Å². The van der Waals surface area contributed by atoms with Crippen LogP contribution in [0.5, 0.6) is 0 Å². The Hall–Kier alpha value is -2.18. The average Bonchev–Trinajstić information content (AvgIpc) is 3.09. The smallest absolute Gasteiger partial charge is 0.225 e. The highest BCUT2D eigenvalue weighted by Gasteiger charge is 2.30. The molecule has 2 aliphatic rings. The summed E-state index contributed by atoms with van der Waals surface area (Å²) in [5.41, 5.74) is 2.81. The Morgan fingerprint density at radius 1 is 1.12 bits per heavy atom. The van der Waals surface area contributed by atoms with E-state index < -0.39 is 0 Å². The monoisotopic (exact) mass is 328 g/mol. The molecule has 0 spiro atoms. The number of carbonyl (C=O) groups is 1. The SMILES string of the molecule is Cc1cc(N2CCC(C(=O)N3CCCCC3)CC2)c2nncn2n1. The normalized spacial score (nSPS) is 19.9. The molecule has 0 atom stereocenters. The van der Waals surface area contributed by atoms with E-state index >= 15 is 0 Å². The first-order valence-electron chi connectivity index (χ1n) is 8.94. The highest BCUT2D eigenvalue weighted by molar-refractivity contribution is 5.79. The molecule has 24 heavy (non-hydrogen) atoms. The predicted molar refractivity (Wildman–Crippen MR) is 90.9 cm³/mol. The van der Waals surface area contributed by atoms with Crippen LogP contribution < -0.4 is 4.90 Å². The van der Waals surface area contributed by atoms with Gasteiger partial charge in [-0.05, 0) is 45.1 Å². The maximum Gasteiger partial charge on any atom is 0.225 e. The van der Waals surface area contributed by atoms with Crippen LogP contribution in [-0.2, 0) is 4.79 Å². The third-order valence-corrected chi connectivity index (χ3v) is 5.22. The number of anilines is 1. The third kappa shape index (κ3) is 2.83. The molecule has 0 radical (unpaired) electrons. The first kappa shape index (κ1) is 15.4. The second-order valence-electron chi connectivity index (χ2n) is 6.92. The van der Waals surface area contributed by atoms with E-state index in [4.69, 9.17) is 0 Å². The molecule has 2 aromatic rings. The van der Waals surface area contributed by atoms with Crippen molar-refractivity contribution in [1.82, 2.24) is 24.7 Å². The van der Waals surface area contributed by atoms with Gasteiger partial charge in [-0.1, -0.05) is 0 Å². The maximum atomic E-state index is 12.7. The van der Waals surface area contributed by atoms with Crippen molar-refractivity contribution in [2.45, 2.75) is 39.0 Å². The molecule has 2 aliphatic heterocycles. The van der Waals surface area contributed by atoms with E-state index in [2.05, 4.69) is 31.2 Å². The van der Waals surface area contributed by atoms with E-state index in [1.165, 1.54) is 6.42 Å². The molecule has 128 valence electrons. The molecule has 0 saturated carbocycles. The zero-order chi connectivity index (χ0) is 16.5. The van der Waals surface area contributed by atoms with Crippen LogP contribution in [0, 0.1) is 12.8 Å². The molecule has 2 saturated heterocycles. The fourth-order valence-corrected chi connectivity index (χ4v) is 3.91. The lowest BCUT2D eigenvalue weighted by molar-refractivity contribution is -0.137. The molecule has 0 unspecified atom stereocenters. The molecular formula is C17H24N6O. The second-order valence-corrected chi connectivity index (χ2v) is 6.92. The van der Waals surface area contributed by atoms with Crippen molar-refractivity contribution in [3.8, 4) is 0 Å². The fraction of sp³-hybridized carbons (Fsp3) is 0.647. The number of hydrogen-bond acceptors (Lipinski definition) is 5. The van der Waals surface area contributed by atoms with Crippen LogP contribution in [0.1, 0.15) is 37.8 Å². The number of aromatic nitrogens is 4. The van der Waals surface area contributed by atoms with Crippen molar-refractivity contribution in [1.29, 1.82) is 0 Å². The van der Waals surface area contributed by atoms with Crippen LogP contribution in [0.4, 0.5) is 5.69 Å². The highest BCUT2D eigenvalue weighted by Crippen LogP contribution is 2.28. The number of amides is 1. The summed E-state index contributed by atoms with van der Waals surface area (Å²) in [6.07, 6.45) is 7.04. The Morgan fingerprint density at radius 3 is 2.62 bits per heavy atom. The summed E-state index contributed by atoms with van der Waals surface area (Å²) < 4.78 is 1.73. The number of fused-ring (bicyclic) bond motifs is 1. The van der Waals surface area contributed by atoms with E-state index in [9.17, 15) is 4.79 Å². The van der Waals surface area contributed by atoms with Crippen LogP contribution in [0.3, 0.4) is 0 Å². The molecule has 7 nitrogen and oxygen atoms in total. The van der Waals surface area contributed by atoms with E-state index in [-0.39, 0.29) is 5.92 Å². The zero-order valence-electron chi connectivity index (χ0n) is 14.2. The van der Waals surface area contributed by atoms with Gasteiger partial charge in [0.1, 0.15) is 6.33 Å². The Labute approximate surface area is 141 Å². The highest BCUT2D eigenvalue weighted by atomic mass is 16.2. The predicted octanol–water partition coefficient (Wildman–Crippen LogP) is 1.66. The topological polar surface area (TPSA) is 66.6 Å². The van der Waals surface area contributed by atoms with Gasteiger partial charge in [0, 0.05) is 32.1 Å². The lowest BCUT2D eigenvalue weighted by atomic mass is 9.94. The van der Waals surface area contributed by atoms with Gasteiger partial charge in [-0.15, -0.1) is 10.2 Å².